The maximum atomic E-state index is 12.2. The van der Waals surface area contributed by atoms with E-state index in [0.717, 1.165) is 12.8 Å². The second kappa shape index (κ2) is 6.66. The molecule has 2 aliphatic rings. The molecule has 0 unspecified atom stereocenters. The number of carbonyl (C=O) groups excluding carboxylic acids is 1. The molecule has 1 saturated carbocycles. The van der Waals surface area contributed by atoms with Crippen LogP contribution in [0.4, 0.5) is 4.79 Å². The van der Waals surface area contributed by atoms with Crippen molar-refractivity contribution in [3.63, 3.8) is 0 Å². The smallest absolute Gasteiger partial charge is 0.410 e. The van der Waals surface area contributed by atoms with E-state index in [1.165, 1.54) is 6.20 Å². The summed E-state index contributed by atoms with van der Waals surface area (Å²) in [6.07, 6.45) is 4.13. The van der Waals surface area contributed by atoms with Gasteiger partial charge in [0, 0.05) is 24.8 Å². The third-order valence-electron chi connectivity index (χ3n) is 5.44. The van der Waals surface area contributed by atoms with Crippen molar-refractivity contribution in [1.29, 1.82) is 0 Å². The van der Waals surface area contributed by atoms with E-state index >= 15 is 0 Å². The Balaban J connectivity index is 1.63. The van der Waals surface area contributed by atoms with Gasteiger partial charge in [-0.2, -0.15) is 0 Å². The zero-order valence-electron chi connectivity index (χ0n) is 15.6. The Morgan fingerprint density at radius 3 is 2.50 bits per heavy atom. The molecule has 1 aliphatic carbocycles. The Bertz CT molecular complexity index is 685. The summed E-state index contributed by atoms with van der Waals surface area (Å²) in [6, 6.07) is 1.65. The number of halogens is 1. The van der Waals surface area contributed by atoms with Gasteiger partial charge in [-0.15, -0.1) is 0 Å². The summed E-state index contributed by atoms with van der Waals surface area (Å²) < 4.78 is 5.44. The molecular weight excluding hydrogens is 356 g/mol. The van der Waals surface area contributed by atoms with Gasteiger partial charge in [-0.05, 0) is 63.5 Å². The van der Waals surface area contributed by atoms with Crippen molar-refractivity contribution < 1.29 is 19.7 Å². The molecule has 0 atom stereocenters. The van der Waals surface area contributed by atoms with E-state index in [2.05, 4.69) is 4.98 Å². The van der Waals surface area contributed by atoms with Gasteiger partial charge in [-0.25, -0.2) is 9.78 Å². The highest BCUT2D eigenvalue weighted by Gasteiger charge is 2.56. The van der Waals surface area contributed by atoms with Gasteiger partial charge in [0.1, 0.15) is 10.8 Å². The molecule has 1 aliphatic heterocycles. The second-order valence-corrected chi connectivity index (χ2v) is 9.06. The number of nitrogens with zero attached hydrogens (tertiary/aromatic N) is 2. The van der Waals surface area contributed by atoms with Crippen LogP contribution >= 0.6 is 11.6 Å². The maximum absolute atomic E-state index is 12.2. The molecule has 3 rings (SSSR count). The van der Waals surface area contributed by atoms with Gasteiger partial charge in [0.2, 0.25) is 0 Å². The van der Waals surface area contributed by atoms with E-state index in [-0.39, 0.29) is 18.1 Å². The normalized spacial score (nSPS) is 21.4. The van der Waals surface area contributed by atoms with Gasteiger partial charge in [0.25, 0.3) is 0 Å². The Hall–Kier alpha value is -1.37. The first-order valence-electron chi connectivity index (χ1n) is 9.02. The first kappa shape index (κ1) is 19.4. The molecule has 1 aromatic rings. The molecular formula is C19H27ClN2O4. The predicted octanol–water partition coefficient (Wildman–Crippen LogP) is 3.23. The van der Waals surface area contributed by atoms with E-state index in [1.54, 1.807) is 11.0 Å². The first-order chi connectivity index (χ1) is 12.1. The van der Waals surface area contributed by atoms with Crippen molar-refractivity contribution in [1.82, 2.24) is 9.88 Å². The Kier molecular flexibility index (Phi) is 4.97. The van der Waals surface area contributed by atoms with Crippen molar-refractivity contribution >= 4 is 17.7 Å². The molecule has 1 saturated heterocycles. The highest BCUT2D eigenvalue weighted by atomic mass is 35.5. The van der Waals surface area contributed by atoms with Gasteiger partial charge in [0.15, 0.2) is 0 Å². The standard InChI is InChI=1S/C19H27ClN2O4/c1-17(2,3)26-16(24)22-6-4-18(5-7-22)11-19(25,12-18)14-8-15(20)21-9-13(14)10-23/h8-9,23,25H,4-7,10-12H2,1-3H3. The average molecular weight is 383 g/mol. The lowest BCUT2D eigenvalue weighted by molar-refractivity contribution is -0.155. The summed E-state index contributed by atoms with van der Waals surface area (Å²) in [7, 11) is 0. The van der Waals surface area contributed by atoms with E-state index in [9.17, 15) is 15.0 Å². The number of rotatable bonds is 2. The van der Waals surface area contributed by atoms with Gasteiger partial charge >= 0.3 is 6.09 Å². The minimum Gasteiger partial charge on any atom is -0.444 e. The molecule has 2 fully saturated rings. The van der Waals surface area contributed by atoms with Gasteiger partial charge < -0.3 is 19.8 Å². The van der Waals surface area contributed by atoms with Crippen LogP contribution < -0.4 is 0 Å². The van der Waals surface area contributed by atoms with E-state index in [1.807, 2.05) is 20.8 Å². The van der Waals surface area contributed by atoms with Crippen molar-refractivity contribution in [2.24, 2.45) is 5.41 Å². The lowest BCUT2D eigenvalue weighted by Crippen LogP contribution is -2.55. The third-order valence-corrected chi connectivity index (χ3v) is 5.64. The fraction of sp³-hybridized carbons (Fsp3) is 0.684. The van der Waals surface area contributed by atoms with Crippen LogP contribution in [0.15, 0.2) is 12.3 Å². The monoisotopic (exact) mass is 382 g/mol. The molecule has 1 spiro atoms. The van der Waals surface area contributed by atoms with Crippen LogP contribution in [0, 0.1) is 5.41 Å². The number of amides is 1. The molecule has 0 radical (unpaired) electrons. The summed E-state index contributed by atoms with van der Waals surface area (Å²) in [5.74, 6) is 0. The quantitative estimate of drug-likeness (QED) is 0.767. The zero-order chi connectivity index (χ0) is 19.2. The lowest BCUT2D eigenvalue weighted by atomic mass is 9.53. The number of hydrogen-bond donors (Lipinski definition) is 2. The number of ether oxygens (including phenoxy) is 1. The van der Waals surface area contributed by atoms with Crippen molar-refractivity contribution in [3.8, 4) is 0 Å². The average Bonchev–Trinajstić information content (AvgIpc) is 2.52. The molecule has 1 amide bonds. The molecule has 144 valence electrons. The summed E-state index contributed by atoms with van der Waals surface area (Å²) in [5.41, 5.74) is -0.184. The molecule has 2 N–H and O–H groups in total. The molecule has 1 aromatic heterocycles. The number of aromatic nitrogens is 1. The molecule has 6 nitrogen and oxygen atoms in total. The Morgan fingerprint density at radius 1 is 1.35 bits per heavy atom. The van der Waals surface area contributed by atoms with Gasteiger partial charge in [0.05, 0.1) is 12.2 Å². The van der Waals surface area contributed by atoms with Gasteiger partial charge in [-0.3, -0.25) is 0 Å². The number of aliphatic hydroxyl groups is 2. The topological polar surface area (TPSA) is 82.9 Å². The number of aliphatic hydroxyl groups excluding tert-OH is 1. The molecule has 0 bridgehead atoms. The molecule has 26 heavy (non-hydrogen) atoms. The van der Waals surface area contributed by atoms with Crippen molar-refractivity contribution in [3.05, 3.63) is 28.5 Å². The fourth-order valence-corrected chi connectivity index (χ4v) is 4.40. The molecule has 0 aromatic carbocycles. The third kappa shape index (κ3) is 3.82. The minimum atomic E-state index is -0.987. The number of pyridine rings is 1. The van der Waals surface area contributed by atoms with Crippen molar-refractivity contribution in [2.75, 3.05) is 13.1 Å². The van der Waals surface area contributed by atoms with Crippen LogP contribution in [-0.2, 0) is 16.9 Å². The molecule has 2 heterocycles. The highest BCUT2D eigenvalue weighted by molar-refractivity contribution is 6.29. The maximum Gasteiger partial charge on any atom is 0.410 e. The minimum absolute atomic E-state index is 0.0235. The van der Waals surface area contributed by atoms with Crippen LogP contribution in [0.25, 0.3) is 0 Å². The van der Waals surface area contributed by atoms with Crippen LogP contribution in [-0.4, -0.2) is 44.9 Å². The number of hydrogen-bond acceptors (Lipinski definition) is 5. The fourth-order valence-electron chi connectivity index (χ4n) is 4.24. The SMILES string of the molecule is CC(C)(C)OC(=O)N1CCC2(CC1)CC(O)(c1cc(Cl)ncc1CO)C2. The number of carbonyl (C=O) groups is 1. The number of likely N-dealkylation sites (tertiary alicyclic amines) is 1. The van der Waals surface area contributed by atoms with E-state index in [0.29, 0.717) is 42.2 Å². The van der Waals surface area contributed by atoms with Crippen LogP contribution in [0.5, 0.6) is 0 Å². The summed E-state index contributed by atoms with van der Waals surface area (Å²) in [6.45, 7) is 6.67. The lowest BCUT2D eigenvalue weighted by Gasteiger charge is -2.57. The van der Waals surface area contributed by atoms with Crippen LogP contribution in [0.3, 0.4) is 0 Å². The summed E-state index contributed by atoms with van der Waals surface area (Å²) in [4.78, 5) is 17.9. The van der Waals surface area contributed by atoms with Crippen LogP contribution in [0.2, 0.25) is 5.15 Å². The first-order valence-corrected chi connectivity index (χ1v) is 9.40. The van der Waals surface area contributed by atoms with Crippen LogP contribution in [0.1, 0.15) is 57.6 Å². The Morgan fingerprint density at radius 2 is 1.96 bits per heavy atom. The second-order valence-electron chi connectivity index (χ2n) is 8.67. The predicted molar refractivity (Wildman–Crippen MR) is 97.8 cm³/mol. The van der Waals surface area contributed by atoms with Crippen molar-refractivity contribution in [2.45, 2.75) is 64.3 Å². The van der Waals surface area contributed by atoms with Gasteiger partial charge in [-0.1, -0.05) is 11.6 Å². The van der Waals surface area contributed by atoms with E-state index in [4.69, 9.17) is 16.3 Å². The molecule has 7 heteroatoms. The van der Waals surface area contributed by atoms with E-state index < -0.39 is 11.2 Å². The number of piperidine rings is 1. The largest absolute Gasteiger partial charge is 0.444 e. The highest BCUT2D eigenvalue weighted by Crippen LogP contribution is 2.59. The Labute approximate surface area is 159 Å². The zero-order valence-corrected chi connectivity index (χ0v) is 16.3. The summed E-state index contributed by atoms with van der Waals surface area (Å²) >= 11 is 5.98. The summed E-state index contributed by atoms with van der Waals surface area (Å²) in [5, 5.41) is 20.9.